The van der Waals surface area contributed by atoms with Crippen LogP contribution in [-0.2, 0) is 4.74 Å². The van der Waals surface area contributed by atoms with Crippen LogP contribution in [-0.4, -0.2) is 34.7 Å². The number of pyridine rings is 1. The van der Waals surface area contributed by atoms with E-state index in [1.54, 1.807) is 17.2 Å². The van der Waals surface area contributed by atoms with Gasteiger partial charge in [0.2, 0.25) is 5.88 Å². The van der Waals surface area contributed by atoms with Gasteiger partial charge in [-0.2, -0.15) is 0 Å². The van der Waals surface area contributed by atoms with Crippen LogP contribution >= 0.6 is 11.6 Å². The highest BCUT2D eigenvalue weighted by Crippen LogP contribution is 2.37. The molecular formula is C21H24ClFN2O3. The molecule has 1 fully saturated rings. The molecule has 1 aliphatic rings. The largest absolute Gasteiger partial charge is 0.444 e. The number of hydrogen-bond donors (Lipinski definition) is 0. The highest BCUT2D eigenvalue weighted by molar-refractivity contribution is 6.32. The Labute approximate surface area is 169 Å². The van der Waals surface area contributed by atoms with Crippen molar-refractivity contribution < 1.29 is 18.7 Å². The monoisotopic (exact) mass is 406 g/mol. The number of hydrogen-bond acceptors (Lipinski definition) is 4. The van der Waals surface area contributed by atoms with Crippen molar-refractivity contribution in [2.24, 2.45) is 0 Å². The first-order valence-corrected chi connectivity index (χ1v) is 9.67. The Kier molecular flexibility index (Phi) is 6.08. The molecule has 1 aliphatic heterocycles. The highest BCUT2D eigenvalue weighted by atomic mass is 35.5. The Morgan fingerprint density at radius 1 is 1.21 bits per heavy atom. The van der Waals surface area contributed by atoms with E-state index in [1.807, 2.05) is 32.9 Å². The van der Waals surface area contributed by atoms with Crippen LogP contribution in [0.25, 0.3) is 0 Å². The topological polar surface area (TPSA) is 51.7 Å². The predicted molar refractivity (Wildman–Crippen MR) is 106 cm³/mol. The van der Waals surface area contributed by atoms with Gasteiger partial charge in [-0.3, -0.25) is 0 Å². The quantitative estimate of drug-likeness (QED) is 0.648. The summed E-state index contributed by atoms with van der Waals surface area (Å²) in [5.74, 6) is -0.0858. The van der Waals surface area contributed by atoms with Crippen molar-refractivity contribution in [3.05, 3.63) is 52.9 Å². The van der Waals surface area contributed by atoms with Crippen LogP contribution in [0.15, 0.2) is 36.5 Å². The molecule has 0 unspecified atom stereocenters. The van der Waals surface area contributed by atoms with Crippen LogP contribution < -0.4 is 4.74 Å². The summed E-state index contributed by atoms with van der Waals surface area (Å²) in [5.41, 5.74) is 0.364. The predicted octanol–water partition coefficient (Wildman–Crippen LogP) is 5.78. The molecule has 150 valence electrons. The summed E-state index contributed by atoms with van der Waals surface area (Å²) >= 11 is 6.07. The number of aromatic nitrogens is 1. The number of carbonyl (C=O) groups excluding carboxylic acids is 1. The third-order valence-corrected chi connectivity index (χ3v) is 4.80. The fourth-order valence-electron chi connectivity index (χ4n) is 3.18. The summed E-state index contributed by atoms with van der Waals surface area (Å²) in [5, 5.41) is 0.191. The molecule has 1 amide bonds. The lowest BCUT2D eigenvalue weighted by Crippen LogP contribution is -2.41. The maximum Gasteiger partial charge on any atom is 0.410 e. The first-order valence-electron chi connectivity index (χ1n) is 9.29. The summed E-state index contributed by atoms with van der Waals surface area (Å²) in [6.07, 6.45) is 2.79. The molecule has 1 aromatic carbocycles. The second kappa shape index (κ2) is 8.35. The van der Waals surface area contributed by atoms with Gasteiger partial charge in [0.15, 0.2) is 11.6 Å². The lowest BCUT2D eigenvalue weighted by molar-refractivity contribution is 0.0204. The number of piperidine rings is 1. The van der Waals surface area contributed by atoms with E-state index in [4.69, 9.17) is 21.1 Å². The summed E-state index contributed by atoms with van der Waals surface area (Å²) in [7, 11) is 0. The van der Waals surface area contributed by atoms with Gasteiger partial charge in [0.1, 0.15) is 5.60 Å². The fourth-order valence-corrected chi connectivity index (χ4v) is 3.38. The van der Waals surface area contributed by atoms with E-state index in [0.29, 0.717) is 19.0 Å². The Hall–Kier alpha value is -2.34. The van der Waals surface area contributed by atoms with Crippen molar-refractivity contribution in [2.75, 3.05) is 13.1 Å². The van der Waals surface area contributed by atoms with E-state index >= 15 is 0 Å². The van der Waals surface area contributed by atoms with Crippen LogP contribution in [0.2, 0.25) is 5.02 Å². The fraction of sp³-hybridized carbons (Fsp3) is 0.429. The molecule has 0 saturated carbocycles. The third-order valence-electron chi connectivity index (χ3n) is 4.50. The summed E-state index contributed by atoms with van der Waals surface area (Å²) < 4.78 is 25.3. The van der Waals surface area contributed by atoms with Crippen molar-refractivity contribution in [3.63, 3.8) is 0 Å². The molecule has 0 radical (unpaired) electrons. The second-order valence-electron chi connectivity index (χ2n) is 7.79. The summed E-state index contributed by atoms with van der Waals surface area (Å²) in [4.78, 5) is 18.2. The van der Waals surface area contributed by atoms with E-state index in [-0.39, 0.29) is 22.8 Å². The SMILES string of the molecule is CC(C)(C)OC(=O)N1CCC(c2cccnc2Oc2c(F)cccc2Cl)CC1. The molecule has 3 rings (SSSR count). The summed E-state index contributed by atoms with van der Waals surface area (Å²) in [6, 6.07) is 8.14. The normalized spacial score (nSPS) is 15.4. The second-order valence-corrected chi connectivity index (χ2v) is 8.20. The number of carbonyl (C=O) groups is 1. The number of halogens is 2. The molecule has 28 heavy (non-hydrogen) atoms. The number of amides is 1. The molecule has 2 aromatic rings. The highest BCUT2D eigenvalue weighted by Gasteiger charge is 2.29. The van der Waals surface area contributed by atoms with Gasteiger partial charge in [-0.05, 0) is 57.7 Å². The zero-order valence-corrected chi connectivity index (χ0v) is 17.0. The maximum absolute atomic E-state index is 14.1. The molecule has 0 bridgehead atoms. The molecule has 2 heterocycles. The number of para-hydroxylation sites is 1. The van der Waals surface area contributed by atoms with E-state index in [0.717, 1.165) is 18.4 Å². The minimum Gasteiger partial charge on any atom is -0.444 e. The van der Waals surface area contributed by atoms with Gasteiger partial charge in [0, 0.05) is 24.8 Å². The Morgan fingerprint density at radius 2 is 1.93 bits per heavy atom. The Bertz CT molecular complexity index is 826. The van der Waals surface area contributed by atoms with Gasteiger partial charge >= 0.3 is 6.09 Å². The number of ether oxygens (including phenoxy) is 2. The van der Waals surface area contributed by atoms with Crippen molar-refractivity contribution in [1.29, 1.82) is 0 Å². The minimum absolute atomic E-state index is 0.0321. The van der Waals surface area contributed by atoms with Crippen LogP contribution in [0.4, 0.5) is 9.18 Å². The van der Waals surface area contributed by atoms with Gasteiger partial charge in [-0.15, -0.1) is 0 Å². The first-order chi connectivity index (χ1) is 13.2. The third kappa shape index (κ3) is 4.93. The van der Waals surface area contributed by atoms with E-state index in [2.05, 4.69) is 4.98 Å². The van der Waals surface area contributed by atoms with Gasteiger partial charge in [0.25, 0.3) is 0 Å². The number of nitrogens with zero attached hydrogens (tertiary/aromatic N) is 2. The first kappa shape index (κ1) is 20.4. The van der Waals surface area contributed by atoms with E-state index < -0.39 is 11.4 Å². The zero-order chi connectivity index (χ0) is 20.3. The van der Waals surface area contributed by atoms with Gasteiger partial charge in [-0.25, -0.2) is 14.2 Å². The van der Waals surface area contributed by atoms with Gasteiger partial charge < -0.3 is 14.4 Å². The van der Waals surface area contributed by atoms with Crippen molar-refractivity contribution in [2.45, 2.75) is 45.1 Å². The van der Waals surface area contributed by atoms with Crippen molar-refractivity contribution >= 4 is 17.7 Å². The number of rotatable bonds is 3. The molecule has 0 spiro atoms. The molecule has 1 saturated heterocycles. The molecule has 7 heteroatoms. The molecule has 5 nitrogen and oxygen atoms in total. The van der Waals surface area contributed by atoms with E-state index in [1.165, 1.54) is 12.1 Å². The van der Waals surface area contributed by atoms with E-state index in [9.17, 15) is 9.18 Å². The minimum atomic E-state index is -0.538. The standard InChI is InChI=1S/C21H24ClFN2O3/c1-21(2,3)28-20(26)25-12-9-14(10-13-25)15-6-5-11-24-19(15)27-18-16(22)7-4-8-17(18)23/h4-8,11,14H,9-10,12-13H2,1-3H3. The smallest absolute Gasteiger partial charge is 0.410 e. The maximum atomic E-state index is 14.1. The zero-order valence-electron chi connectivity index (χ0n) is 16.2. The Morgan fingerprint density at radius 3 is 2.57 bits per heavy atom. The lowest BCUT2D eigenvalue weighted by Gasteiger charge is -2.33. The lowest BCUT2D eigenvalue weighted by atomic mass is 9.90. The summed E-state index contributed by atoms with van der Waals surface area (Å²) in [6.45, 7) is 6.71. The number of benzene rings is 1. The van der Waals surface area contributed by atoms with Gasteiger partial charge in [-0.1, -0.05) is 23.7 Å². The Balaban J connectivity index is 1.72. The van der Waals surface area contributed by atoms with Crippen LogP contribution in [0.1, 0.15) is 45.1 Å². The van der Waals surface area contributed by atoms with Gasteiger partial charge in [0.05, 0.1) is 5.02 Å². The number of likely N-dealkylation sites (tertiary alicyclic amines) is 1. The molecule has 0 N–H and O–H groups in total. The molecular weight excluding hydrogens is 383 g/mol. The average Bonchev–Trinajstić information content (AvgIpc) is 2.64. The van der Waals surface area contributed by atoms with Crippen LogP contribution in [0.3, 0.4) is 0 Å². The molecule has 0 aliphatic carbocycles. The van der Waals surface area contributed by atoms with Crippen molar-refractivity contribution in [1.82, 2.24) is 9.88 Å². The average molecular weight is 407 g/mol. The molecule has 1 aromatic heterocycles. The van der Waals surface area contributed by atoms with Crippen LogP contribution in [0.5, 0.6) is 11.6 Å². The molecule has 0 atom stereocenters. The van der Waals surface area contributed by atoms with Crippen molar-refractivity contribution in [3.8, 4) is 11.6 Å². The van der Waals surface area contributed by atoms with Crippen LogP contribution in [0, 0.1) is 5.82 Å².